The molecule has 0 aliphatic rings. The molecule has 0 bridgehead atoms. The maximum Gasteiger partial charge on any atom is 0.226 e. The van der Waals surface area contributed by atoms with Crippen LogP contribution in [0.3, 0.4) is 0 Å². The molecule has 0 aromatic carbocycles. The van der Waals surface area contributed by atoms with Gasteiger partial charge < -0.3 is 0 Å². The van der Waals surface area contributed by atoms with Gasteiger partial charge in [-0.25, -0.2) is 4.98 Å². The van der Waals surface area contributed by atoms with Crippen LogP contribution in [-0.4, -0.2) is 19.9 Å². The molecule has 3 aromatic rings. The van der Waals surface area contributed by atoms with Crippen molar-refractivity contribution in [1.82, 2.24) is 19.9 Å². The van der Waals surface area contributed by atoms with Gasteiger partial charge in [-0.15, -0.1) is 11.3 Å². The first-order valence-electron chi connectivity index (χ1n) is 5.19. The molecular formula is C12H7ClN4S. The van der Waals surface area contributed by atoms with Crippen LogP contribution in [0.4, 0.5) is 0 Å². The number of rotatable bonds is 2. The number of nitrogens with zero attached hydrogens (tertiary/aromatic N) is 4. The summed E-state index contributed by atoms with van der Waals surface area (Å²) in [6.07, 6.45) is 3.40. The quantitative estimate of drug-likeness (QED) is 0.719. The second kappa shape index (κ2) is 4.80. The predicted octanol–water partition coefficient (Wildman–Crippen LogP) is 3.32. The Kier molecular flexibility index (Phi) is 3.00. The summed E-state index contributed by atoms with van der Waals surface area (Å²) >= 11 is 7.50. The monoisotopic (exact) mass is 274 g/mol. The van der Waals surface area contributed by atoms with Crippen LogP contribution in [0.15, 0.2) is 42.0 Å². The first-order valence-corrected chi connectivity index (χ1v) is 6.44. The zero-order valence-electron chi connectivity index (χ0n) is 9.12. The van der Waals surface area contributed by atoms with Gasteiger partial charge in [0.25, 0.3) is 0 Å². The fourth-order valence-corrected chi connectivity index (χ4v) is 2.31. The molecule has 0 atom stereocenters. The van der Waals surface area contributed by atoms with Gasteiger partial charge in [-0.2, -0.15) is 9.97 Å². The molecule has 0 spiro atoms. The normalized spacial score (nSPS) is 10.5. The van der Waals surface area contributed by atoms with Crippen LogP contribution < -0.4 is 0 Å². The molecule has 0 amide bonds. The van der Waals surface area contributed by atoms with Gasteiger partial charge in [0.2, 0.25) is 5.28 Å². The summed E-state index contributed by atoms with van der Waals surface area (Å²) in [5, 5.41) is 2.16. The topological polar surface area (TPSA) is 51.6 Å². The molecular weight excluding hydrogens is 268 g/mol. The molecule has 3 aromatic heterocycles. The van der Waals surface area contributed by atoms with Gasteiger partial charge in [-0.3, -0.25) is 4.98 Å². The van der Waals surface area contributed by atoms with E-state index in [0.717, 1.165) is 10.4 Å². The van der Waals surface area contributed by atoms with Crippen LogP contribution in [0.1, 0.15) is 0 Å². The minimum atomic E-state index is 0.187. The van der Waals surface area contributed by atoms with Crippen LogP contribution in [0.2, 0.25) is 5.28 Å². The predicted molar refractivity (Wildman–Crippen MR) is 71.4 cm³/mol. The molecule has 0 aliphatic heterocycles. The SMILES string of the molecule is Clc1nc(-c2cccnc2)nc(-c2cccs2)n1. The minimum absolute atomic E-state index is 0.187. The Bertz CT molecular complexity index is 655. The molecule has 0 unspecified atom stereocenters. The van der Waals surface area contributed by atoms with E-state index in [-0.39, 0.29) is 5.28 Å². The Morgan fingerprint density at radius 1 is 1.00 bits per heavy atom. The van der Waals surface area contributed by atoms with E-state index >= 15 is 0 Å². The van der Waals surface area contributed by atoms with Gasteiger partial charge in [0.15, 0.2) is 11.6 Å². The lowest BCUT2D eigenvalue weighted by atomic mass is 10.3. The van der Waals surface area contributed by atoms with Gasteiger partial charge in [0.1, 0.15) is 0 Å². The molecule has 4 nitrogen and oxygen atoms in total. The smallest absolute Gasteiger partial charge is 0.226 e. The summed E-state index contributed by atoms with van der Waals surface area (Å²) in [5.74, 6) is 1.12. The number of hydrogen-bond acceptors (Lipinski definition) is 5. The second-order valence-corrected chi connectivity index (χ2v) is 4.76. The van der Waals surface area contributed by atoms with Crippen molar-refractivity contribution in [2.75, 3.05) is 0 Å². The summed E-state index contributed by atoms with van der Waals surface area (Å²) in [4.78, 5) is 17.7. The van der Waals surface area contributed by atoms with Gasteiger partial charge in [-0.1, -0.05) is 6.07 Å². The molecule has 0 N–H and O–H groups in total. The highest BCUT2D eigenvalue weighted by molar-refractivity contribution is 7.13. The van der Waals surface area contributed by atoms with Crippen molar-refractivity contribution < 1.29 is 0 Å². The van der Waals surface area contributed by atoms with Gasteiger partial charge in [-0.05, 0) is 35.2 Å². The number of hydrogen-bond donors (Lipinski definition) is 0. The molecule has 88 valence electrons. The highest BCUT2D eigenvalue weighted by atomic mass is 35.5. The minimum Gasteiger partial charge on any atom is -0.264 e. The van der Waals surface area contributed by atoms with Gasteiger partial charge >= 0.3 is 0 Å². The van der Waals surface area contributed by atoms with E-state index in [9.17, 15) is 0 Å². The maximum absolute atomic E-state index is 5.94. The molecule has 6 heteroatoms. The zero-order chi connectivity index (χ0) is 12.4. The van der Waals surface area contributed by atoms with Crippen molar-refractivity contribution in [2.45, 2.75) is 0 Å². The lowest BCUT2D eigenvalue weighted by molar-refractivity contribution is 1.07. The van der Waals surface area contributed by atoms with Crippen molar-refractivity contribution in [3.8, 4) is 22.1 Å². The van der Waals surface area contributed by atoms with E-state index in [4.69, 9.17) is 11.6 Å². The number of halogens is 1. The Morgan fingerprint density at radius 3 is 2.61 bits per heavy atom. The molecule has 0 saturated heterocycles. The zero-order valence-corrected chi connectivity index (χ0v) is 10.7. The second-order valence-electron chi connectivity index (χ2n) is 3.47. The van der Waals surface area contributed by atoms with E-state index in [0.29, 0.717) is 11.6 Å². The third-order valence-electron chi connectivity index (χ3n) is 2.27. The van der Waals surface area contributed by atoms with Crippen molar-refractivity contribution in [2.24, 2.45) is 0 Å². The summed E-state index contributed by atoms with van der Waals surface area (Å²) in [6.45, 7) is 0. The lowest BCUT2D eigenvalue weighted by Crippen LogP contribution is -1.96. The average Bonchev–Trinajstić information content (AvgIpc) is 2.93. The Balaban J connectivity index is 2.12. The highest BCUT2D eigenvalue weighted by Crippen LogP contribution is 2.24. The fraction of sp³-hybridized carbons (Fsp3) is 0. The van der Waals surface area contributed by atoms with Crippen molar-refractivity contribution in [3.63, 3.8) is 0 Å². The molecule has 0 aliphatic carbocycles. The fourth-order valence-electron chi connectivity index (χ4n) is 1.49. The molecule has 3 rings (SSSR count). The van der Waals surface area contributed by atoms with Crippen molar-refractivity contribution >= 4 is 22.9 Å². The molecule has 3 heterocycles. The standard InChI is InChI=1S/C12H7ClN4S/c13-12-16-10(8-3-1-5-14-7-8)15-11(17-12)9-4-2-6-18-9/h1-7H. The lowest BCUT2D eigenvalue weighted by Gasteiger charge is -2.02. The summed E-state index contributed by atoms with van der Waals surface area (Å²) in [7, 11) is 0. The van der Waals surface area contributed by atoms with Crippen LogP contribution >= 0.6 is 22.9 Å². The summed E-state index contributed by atoms with van der Waals surface area (Å²) < 4.78 is 0. The van der Waals surface area contributed by atoms with E-state index < -0.39 is 0 Å². The van der Waals surface area contributed by atoms with E-state index in [1.54, 1.807) is 23.7 Å². The van der Waals surface area contributed by atoms with Gasteiger partial charge in [0.05, 0.1) is 4.88 Å². The number of pyridine rings is 1. The largest absolute Gasteiger partial charge is 0.264 e. The molecule has 0 fully saturated rings. The summed E-state index contributed by atoms with van der Waals surface area (Å²) in [5.41, 5.74) is 0.819. The Morgan fingerprint density at radius 2 is 1.89 bits per heavy atom. The third-order valence-corrected chi connectivity index (χ3v) is 3.30. The first kappa shape index (κ1) is 11.3. The van der Waals surface area contributed by atoms with Crippen LogP contribution in [0, 0.1) is 0 Å². The maximum atomic E-state index is 5.94. The van der Waals surface area contributed by atoms with E-state index in [1.165, 1.54) is 0 Å². The first-order chi connectivity index (χ1) is 8.83. The van der Waals surface area contributed by atoms with E-state index in [1.807, 2.05) is 29.6 Å². The van der Waals surface area contributed by atoms with Crippen LogP contribution in [0.25, 0.3) is 22.1 Å². The average molecular weight is 275 g/mol. The molecule has 18 heavy (non-hydrogen) atoms. The van der Waals surface area contributed by atoms with Crippen molar-refractivity contribution in [3.05, 3.63) is 47.3 Å². The Hall–Kier alpha value is -1.85. The Labute approximate surface area is 112 Å². The molecule has 0 saturated carbocycles. The molecule has 0 radical (unpaired) electrons. The number of thiophene rings is 1. The van der Waals surface area contributed by atoms with Crippen LogP contribution in [-0.2, 0) is 0 Å². The number of aromatic nitrogens is 4. The van der Waals surface area contributed by atoms with Gasteiger partial charge in [0, 0.05) is 18.0 Å². The van der Waals surface area contributed by atoms with Crippen LogP contribution in [0.5, 0.6) is 0 Å². The van der Waals surface area contributed by atoms with Crippen molar-refractivity contribution in [1.29, 1.82) is 0 Å². The highest BCUT2D eigenvalue weighted by Gasteiger charge is 2.09. The third kappa shape index (κ3) is 2.23. The summed E-state index contributed by atoms with van der Waals surface area (Å²) in [6, 6.07) is 7.61. The van der Waals surface area contributed by atoms with E-state index in [2.05, 4.69) is 19.9 Å².